The number of hydrogen-bond donors (Lipinski definition) is 3. The van der Waals surface area contributed by atoms with Crippen LogP contribution in [0.5, 0.6) is 0 Å². The third-order valence-corrected chi connectivity index (χ3v) is 5.75. The summed E-state index contributed by atoms with van der Waals surface area (Å²) in [7, 11) is -2.27. The predicted octanol–water partition coefficient (Wildman–Crippen LogP) is 3.37. The summed E-state index contributed by atoms with van der Waals surface area (Å²) in [4.78, 5) is 20.1. The van der Waals surface area contributed by atoms with Gasteiger partial charge in [-0.1, -0.05) is 29.8 Å². The Labute approximate surface area is 184 Å². The summed E-state index contributed by atoms with van der Waals surface area (Å²) in [6.07, 6.45) is 3.04. The molecular formula is C20H20ClN5O4S. The van der Waals surface area contributed by atoms with Crippen molar-refractivity contribution in [3.63, 3.8) is 0 Å². The van der Waals surface area contributed by atoms with Gasteiger partial charge in [-0.25, -0.2) is 23.2 Å². The SMILES string of the molecule is COCCNC(=O)Nc1ccc(-c2cnc(Cl)c(NS(=O)(=O)c3ccccc3)c2)cn1. The zero-order valence-electron chi connectivity index (χ0n) is 16.5. The smallest absolute Gasteiger partial charge is 0.320 e. The summed E-state index contributed by atoms with van der Waals surface area (Å²) in [5, 5.41) is 5.24. The number of sulfonamides is 1. The Morgan fingerprint density at radius 1 is 1.06 bits per heavy atom. The molecule has 0 bridgehead atoms. The van der Waals surface area contributed by atoms with E-state index in [1.165, 1.54) is 24.5 Å². The van der Waals surface area contributed by atoms with Gasteiger partial charge in [-0.3, -0.25) is 10.0 Å². The van der Waals surface area contributed by atoms with E-state index in [1.54, 1.807) is 43.5 Å². The molecule has 9 nitrogen and oxygen atoms in total. The third kappa shape index (κ3) is 6.14. The van der Waals surface area contributed by atoms with Gasteiger partial charge in [0.15, 0.2) is 5.15 Å². The first-order chi connectivity index (χ1) is 14.9. The Kier molecular flexibility index (Phi) is 7.40. The number of urea groups is 1. The first-order valence-corrected chi connectivity index (χ1v) is 11.0. The van der Waals surface area contributed by atoms with Gasteiger partial charge in [0.05, 0.1) is 17.2 Å². The molecule has 162 valence electrons. The molecule has 0 radical (unpaired) electrons. The molecule has 31 heavy (non-hydrogen) atoms. The molecule has 1 aromatic carbocycles. The van der Waals surface area contributed by atoms with E-state index in [2.05, 4.69) is 25.3 Å². The average molecular weight is 462 g/mol. The van der Waals surface area contributed by atoms with Crippen LogP contribution >= 0.6 is 11.6 Å². The van der Waals surface area contributed by atoms with Crippen molar-refractivity contribution in [2.75, 3.05) is 30.3 Å². The normalized spacial score (nSPS) is 11.0. The first-order valence-electron chi connectivity index (χ1n) is 9.12. The van der Waals surface area contributed by atoms with Crippen LogP contribution in [0.1, 0.15) is 0 Å². The number of aromatic nitrogens is 2. The maximum Gasteiger partial charge on any atom is 0.320 e. The minimum atomic E-state index is -3.82. The van der Waals surface area contributed by atoms with Crippen molar-refractivity contribution in [2.24, 2.45) is 0 Å². The highest BCUT2D eigenvalue weighted by Gasteiger charge is 2.16. The number of carbonyl (C=O) groups excluding carboxylic acids is 1. The zero-order chi connectivity index (χ0) is 22.3. The van der Waals surface area contributed by atoms with E-state index in [0.29, 0.717) is 30.1 Å². The van der Waals surface area contributed by atoms with E-state index < -0.39 is 16.1 Å². The summed E-state index contributed by atoms with van der Waals surface area (Å²) in [6.45, 7) is 0.776. The number of hydrogen-bond acceptors (Lipinski definition) is 6. The fourth-order valence-corrected chi connectivity index (χ4v) is 3.83. The van der Waals surface area contributed by atoms with E-state index in [-0.39, 0.29) is 15.7 Å². The Morgan fingerprint density at radius 2 is 1.81 bits per heavy atom. The van der Waals surface area contributed by atoms with Crippen LogP contribution < -0.4 is 15.4 Å². The molecule has 2 heterocycles. The van der Waals surface area contributed by atoms with Crippen LogP contribution in [-0.2, 0) is 14.8 Å². The molecule has 3 rings (SSSR count). The average Bonchev–Trinajstić information content (AvgIpc) is 2.76. The van der Waals surface area contributed by atoms with Gasteiger partial charge in [-0.05, 0) is 30.3 Å². The highest BCUT2D eigenvalue weighted by Crippen LogP contribution is 2.28. The number of nitrogens with zero attached hydrogens (tertiary/aromatic N) is 2. The fraction of sp³-hybridized carbons (Fsp3) is 0.150. The molecular weight excluding hydrogens is 442 g/mol. The van der Waals surface area contributed by atoms with Gasteiger partial charge >= 0.3 is 6.03 Å². The van der Waals surface area contributed by atoms with Crippen LogP contribution in [-0.4, -0.2) is 44.7 Å². The van der Waals surface area contributed by atoms with Crippen molar-refractivity contribution < 1.29 is 17.9 Å². The van der Waals surface area contributed by atoms with Crippen LogP contribution in [0.2, 0.25) is 5.15 Å². The van der Waals surface area contributed by atoms with Crippen molar-refractivity contribution in [1.29, 1.82) is 0 Å². The highest BCUT2D eigenvalue weighted by molar-refractivity contribution is 7.92. The van der Waals surface area contributed by atoms with Crippen molar-refractivity contribution in [1.82, 2.24) is 15.3 Å². The van der Waals surface area contributed by atoms with Gasteiger partial charge in [0.25, 0.3) is 10.0 Å². The lowest BCUT2D eigenvalue weighted by molar-refractivity contribution is 0.198. The second-order valence-corrected chi connectivity index (χ2v) is 8.33. The van der Waals surface area contributed by atoms with Gasteiger partial charge in [0.1, 0.15) is 5.82 Å². The zero-order valence-corrected chi connectivity index (χ0v) is 18.1. The van der Waals surface area contributed by atoms with Crippen molar-refractivity contribution in [2.45, 2.75) is 4.90 Å². The Hall–Kier alpha value is -3.21. The molecule has 0 saturated carbocycles. The molecule has 2 aromatic heterocycles. The summed E-state index contributed by atoms with van der Waals surface area (Å²) >= 11 is 6.09. The molecule has 2 amide bonds. The number of amides is 2. The lowest BCUT2D eigenvalue weighted by Crippen LogP contribution is -2.31. The topological polar surface area (TPSA) is 122 Å². The molecule has 3 N–H and O–H groups in total. The second-order valence-electron chi connectivity index (χ2n) is 6.29. The number of carbonyl (C=O) groups is 1. The fourth-order valence-electron chi connectivity index (χ4n) is 2.55. The minimum absolute atomic E-state index is 0.0160. The van der Waals surface area contributed by atoms with Crippen LogP contribution in [0.15, 0.2) is 65.8 Å². The number of rotatable bonds is 8. The molecule has 0 atom stereocenters. The molecule has 0 saturated heterocycles. The standard InChI is InChI=1S/C20H20ClN5O4S/c1-30-10-9-22-20(27)25-18-8-7-14(12-23-18)15-11-17(19(21)24-13-15)26-31(28,29)16-5-3-2-4-6-16/h2-8,11-13,26H,9-10H2,1H3,(H2,22,23,25,27). The molecule has 0 aliphatic rings. The molecule has 0 aliphatic carbocycles. The summed E-state index contributed by atoms with van der Waals surface area (Å²) in [6, 6.07) is 12.5. The number of ether oxygens (including phenoxy) is 1. The summed E-state index contributed by atoms with van der Waals surface area (Å²) in [5.74, 6) is 0.352. The summed E-state index contributed by atoms with van der Waals surface area (Å²) in [5.41, 5.74) is 1.40. The monoisotopic (exact) mass is 461 g/mol. The number of benzene rings is 1. The van der Waals surface area contributed by atoms with Crippen molar-refractivity contribution in [3.05, 3.63) is 66.1 Å². The van der Waals surface area contributed by atoms with E-state index in [0.717, 1.165) is 0 Å². The second kappa shape index (κ2) is 10.2. The summed E-state index contributed by atoms with van der Waals surface area (Å²) < 4.78 is 32.5. The molecule has 0 unspecified atom stereocenters. The molecule has 3 aromatic rings. The molecule has 0 aliphatic heterocycles. The number of nitrogens with one attached hydrogen (secondary N) is 3. The van der Waals surface area contributed by atoms with Gasteiger partial charge in [0, 0.05) is 37.2 Å². The Balaban J connectivity index is 1.75. The highest BCUT2D eigenvalue weighted by atomic mass is 35.5. The Morgan fingerprint density at radius 3 is 2.48 bits per heavy atom. The van der Waals surface area contributed by atoms with Crippen LogP contribution in [0.4, 0.5) is 16.3 Å². The number of pyridine rings is 2. The molecule has 11 heteroatoms. The first kappa shape index (κ1) is 22.5. The predicted molar refractivity (Wildman–Crippen MR) is 119 cm³/mol. The lowest BCUT2D eigenvalue weighted by atomic mass is 10.1. The van der Waals surface area contributed by atoms with E-state index in [1.807, 2.05) is 0 Å². The number of halogens is 1. The Bertz CT molecular complexity index is 1140. The van der Waals surface area contributed by atoms with Gasteiger partial charge < -0.3 is 10.1 Å². The van der Waals surface area contributed by atoms with Crippen molar-refractivity contribution in [3.8, 4) is 11.1 Å². The quantitative estimate of drug-likeness (QED) is 0.349. The van der Waals surface area contributed by atoms with E-state index in [4.69, 9.17) is 16.3 Å². The van der Waals surface area contributed by atoms with E-state index in [9.17, 15) is 13.2 Å². The number of methoxy groups -OCH3 is 1. The molecule has 0 spiro atoms. The van der Waals surface area contributed by atoms with E-state index >= 15 is 0 Å². The van der Waals surface area contributed by atoms with Crippen LogP contribution in [0, 0.1) is 0 Å². The maximum atomic E-state index is 12.6. The van der Waals surface area contributed by atoms with Gasteiger partial charge in [-0.2, -0.15) is 0 Å². The largest absolute Gasteiger partial charge is 0.383 e. The van der Waals surface area contributed by atoms with Crippen molar-refractivity contribution >= 4 is 39.2 Å². The minimum Gasteiger partial charge on any atom is -0.383 e. The van der Waals surface area contributed by atoms with Crippen LogP contribution in [0.25, 0.3) is 11.1 Å². The molecule has 0 fully saturated rings. The maximum absolute atomic E-state index is 12.6. The van der Waals surface area contributed by atoms with Gasteiger partial charge in [-0.15, -0.1) is 0 Å². The number of anilines is 2. The van der Waals surface area contributed by atoms with Gasteiger partial charge in [0.2, 0.25) is 0 Å². The van der Waals surface area contributed by atoms with Crippen LogP contribution in [0.3, 0.4) is 0 Å². The lowest BCUT2D eigenvalue weighted by Gasteiger charge is -2.11. The third-order valence-electron chi connectivity index (χ3n) is 4.07.